The van der Waals surface area contributed by atoms with Crippen LogP contribution in [0.1, 0.15) is 38.4 Å². The molecular weight excluding hydrogens is 508 g/mol. The molecule has 36 heavy (non-hydrogen) atoms. The minimum Gasteiger partial charge on any atom is -0.486 e. The molecule has 1 saturated heterocycles. The molecule has 0 saturated carbocycles. The summed E-state index contributed by atoms with van der Waals surface area (Å²) in [5.74, 6) is -1.73. The number of benzene rings is 2. The number of aromatic nitrogens is 1. The maximum atomic E-state index is 13.6. The Morgan fingerprint density at radius 1 is 1.00 bits per heavy atom. The molecule has 3 aromatic rings. The third-order valence-electron chi connectivity index (χ3n) is 6.13. The minimum absolute atomic E-state index is 0.0207. The van der Waals surface area contributed by atoms with Gasteiger partial charge in [0, 0.05) is 46.0 Å². The summed E-state index contributed by atoms with van der Waals surface area (Å²) in [4.78, 5) is 29.4. The van der Waals surface area contributed by atoms with E-state index in [1.165, 1.54) is 22.9 Å². The van der Waals surface area contributed by atoms with Crippen molar-refractivity contribution in [3.63, 3.8) is 0 Å². The SMILES string of the molecule is Cn1cc(C(=O)O)c(OCc2ccc(Cl)c(Cl)c2)c1C(=O)N1CCCN(Cc2ccc(F)cc2)CC1. The van der Waals surface area contributed by atoms with E-state index in [0.29, 0.717) is 41.8 Å². The van der Waals surface area contributed by atoms with Crippen molar-refractivity contribution in [2.24, 2.45) is 7.05 Å². The van der Waals surface area contributed by atoms with Gasteiger partial charge in [-0.05, 0) is 41.8 Å². The molecule has 1 aromatic heterocycles. The van der Waals surface area contributed by atoms with Crippen molar-refractivity contribution in [2.75, 3.05) is 26.2 Å². The number of carboxylic acids is 1. The average Bonchev–Trinajstić information content (AvgIpc) is 3.01. The second-order valence-corrected chi connectivity index (χ2v) is 9.54. The highest BCUT2D eigenvalue weighted by molar-refractivity contribution is 6.42. The van der Waals surface area contributed by atoms with E-state index >= 15 is 0 Å². The summed E-state index contributed by atoms with van der Waals surface area (Å²) >= 11 is 12.1. The fraction of sp³-hybridized carbons (Fsp3) is 0.308. The normalized spacial score (nSPS) is 14.5. The van der Waals surface area contributed by atoms with Crippen LogP contribution in [-0.2, 0) is 20.2 Å². The second kappa shape index (κ2) is 11.3. The summed E-state index contributed by atoms with van der Waals surface area (Å²) in [6.07, 6.45) is 2.14. The van der Waals surface area contributed by atoms with Crippen molar-refractivity contribution in [3.05, 3.63) is 86.9 Å². The Morgan fingerprint density at radius 3 is 2.42 bits per heavy atom. The molecule has 0 unspecified atom stereocenters. The lowest BCUT2D eigenvalue weighted by Gasteiger charge is -2.23. The molecule has 1 aliphatic rings. The van der Waals surface area contributed by atoms with Crippen LogP contribution in [0, 0.1) is 5.82 Å². The van der Waals surface area contributed by atoms with Crippen LogP contribution < -0.4 is 4.74 Å². The number of halogens is 3. The first-order valence-corrected chi connectivity index (χ1v) is 12.2. The molecule has 190 valence electrons. The van der Waals surface area contributed by atoms with Crippen LogP contribution in [0.5, 0.6) is 5.75 Å². The third-order valence-corrected chi connectivity index (χ3v) is 6.87. The highest BCUT2D eigenvalue weighted by Gasteiger charge is 2.30. The molecule has 1 fully saturated rings. The van der Waals surface area contributed by atoms with E-state index in [9.17, 15) is 19.1 Å². The topological polar surface area (TPSA) is 75.0 Å². The Bertz CT molecular complexity index is 1260. The molecule has 1 amide bonds. The smallest absolute Gasteiger partial charge is 0.341 e. The molecule has 0 bridgehead atoms. The summed E-state index contributed by atoms with van der Waals surface area (Å²) in [6, 6.07) is 11.4. The molecule has 2 aromatic carbocycles. The number of hydrogen-bond acceptors (Lipinski definition) is 4. The van der Waals surface area contributed by atoms with Gasteiger partial charge in [-0.1, -0.05) is 41.4 Å². The Balaban J connectivity index is 1.50. The Morgan fingerprint density at radius 2 is 1.72 bits per heavy atom. The van der Waals surface area contributed by atoms with Gasteiger partial charge in [0.15, 0.2) is 11.4 Å². The molecule has 4 rings (SSSR count). The van der Waals surface area contributed by atoms with Crippen LogP contribution in [0.15, 0.2) is 48.7 Å². The largest absolute Gasteiger partial charge is 0.486 e. The summed E-state index contributed by atoms with van der Waals surface area (Å²) < 4.78 is 20.6. The van der Waals surface area contributed by atoms with Crippen LogP contribution >= 0.6 is 23.2 Å². The van der Waals surface area contributed by atoms with Gasteiger partial charge in [0.1, 0.15) is 18.0 Å². The first kappa shape index (κ1) is 26.0. The number of carbonyl (C=O) groups excluding carboxylic acids is 1. The Labute approximate surface area is 218 Å². The predicted molar refractivity (Wildman–Crippen MR) is 135 cm³/mol. The van der Waals surface area contributed by atoms with Gasteiger partial charge in [-0.2, -0.15) is 0 Å². The van der Waals surface area contributed by atoms with E-state index in [1.54, 1.807) is 42.3 Å². The van der Waals surface area contributed by atoms with Crippen molar-refractivity contribution in [1.29, 1.82) is 0 Å². The lowest BCUT2D eigenvalue weighted by molar-refractivity contribution is 0.0692. The van der Waals surface area contributed by atoms with Crippen molar-refractivity contribution in [1.82, 2.24) is 14.4 Å². The second-order valence-electron chi connectivity index (χ2n) is 8.72. The molecule has 0 spiro atoms. The molecule has 10 heteroatoms. The molecule has 1 aliphatic heterocycles. The van der Waals surface area contributed by atoms with E-state index in [0.717, 1.165) is 18.5 Å². The lowest BCUT2D eigenvalue weighted by Crippen LogP contribution is -2.36. The van der Waals surface area contributed by atoms with E-state index in [-0.39, 0.29) is 35.3 Å². The zero-order valence-electron chi connectivity index (χ0n) is 19.7. The number of amides is 1. The number of carbonyl (C=O) groups is 2. The summed E-state index contributed by atoms with van der Waals surface area (Å²) in [5.41, 5.74) is 1.78. The molecule has 2 heterocycles. The van der Waals surface area contributed by atoms with Crippen LogP contribution in [0.25, 0.3) is 0 Å². The Hall–Kier alpha value is -3.07. The fourth-order valence-corrected chi connectivity index (χ4v) is 4.59. The number of aryl methyl sites for hydroxylation is 1. The highest BCUT2D eigenvalue weighted by Crippen LogP contribution is 2.30. The zero-order valence-corrected chi connectivity index (χ0v) is 21.2. The molecule has 7 nitrogen and oxygen atoms in total. The summed E-state index contributed by atoms with van der Waals surface area (Å²) in [5, 5.41) is 10.5. The molecule has 0 radical (unpaired) electrons. The zero-order chi connectivity index (χ0) is 25.8. The molecule has 0 atom stereocenters. The first-order chi connectivity index (χ1) is 17.2. The van der Waals surface area contributed by atoms with Crippen molar-refractivity contribution in [3.8, 4) is 5.75 Å². The molecule has 0 aliphatic carbocycles. The van der Waals surface area contributed by atoms with Crippen LogP contribution in [0.2, 0.25) is 10.0 Å². The van der Waals surface area contributed by atoms with Gasteiger partial charge in [0.25, 0.3) is 5.91 Å². The quantitative estimate of drug-likeness (QED) is 0.457. The molecule has 1 N–H and O–H groups in total. The number of hydrogen-bond donors (Lipinski definition) is 1. The van der Waals surface area contributed by atoms with Crippen LogP contribution in [-0.4, -0.2) is 57.5 Å². The highest BCUT2D eigenvalue weighted by atomic mass is 35.5. The average molecular weight is 534 g/mol. The van der Waals surface area contributed by atoms with Crippen molar-refractivity contribution in [2.45, 2.75) is 19.6 Å². The van der Waals surface area contributed by atoms with E-state index in [2.05, 4.69) is 4.90 Å². The van der Waals surface area contributed by atoms with Gasteiger partial charge in [0.2, 0.25) is 0 Å². The number of rotatable bonds is 7. The van der Waals surface area contributed by atoms with E-state index in [4.69, 9.17) is 27.9 Å². The molecular formula is C26H26Cl2FN3O4. The minimum atomic E-state index is -1.19. The van der Waals surface area contributed by atoms with Gasteiger partial charge in [-0.15, -0.1) is 0 Å². The van der Waals surface area contributed by atoms with Gasteiger partial charge < -0.3 is 19.3 Å². The number of ether oxygens (including phenoxy) is 1. The van der Waals surface area contributed by atoms with Gasteiger partial charge in [-0.25, -0.2) is 9.18 Å². The van der Waals surface area contributed by atoms with Crippen LogP contribution in [0.3, 0.4) is 0 Å². The first-order valence-electron chi connectivity index (χ1n) is 11.5. The summed E-state index contributed by atoms with van der Waals surface area (Å²) in [6.45, 7) is 3.10. The standard InChI is InChI=1S/C26H26Cl2FN3O4/c1-30-15-20(26(34)35)24(36-16-18-5-8-21(27)22(28)13-18)23(30)25(33)32-10-2-9-31(11-12-32)14-17-3-6-19(29)7-4-17/h3-8,13,15H,2,9-12,14,16H2,1H3,(H,34,35). The van der Waals surface area contributed by atoms with Crippen molar-refractivity contribution < 1.29 is 23.8 Å². The van der Waals surface area contributed by atoms with E-state index in [1.807, 2.05) is 0 Å². The maximum absolute atomic E-state index is 13.6. The van der Waals surface area contributed by atoms with Gasteiger partial charge >= 0.3 is 5.97 Å². The van der Waals surface area contributed by atoms with Gasteiger partial charge in [-0.3, -0.25) is 9.69 Å². The third kappa shape index (κ3) is 6.00. The van der Waals surface area contributed by atoms with Crippen LogP contribution in [0.4, 0.5) is 4.39 Å². The lowest BCUT2D eigenvalue weighted by atomic mass is 10.2. The summed E-state index contributed by atoms with van der Waals surface area (Å²) in [7, 11) is 1.63. The number of carboxylic acid groups (broad SMARTS) is 1. The number of aromatic carboxylic acids is 1. The van der Waals surface area contributed by atoms with E-state index < -0.39 is 5.97 Å². The Kier molecular flexibility index (Phi) is 8.18. The predicted octanol–water partition coefficient (Wildman–Crippen LogP) is 5.10. The maximum Gasteiger partial charge on any atom is 0.341 e. The number of nitrogens with zero attached hydrogens (tertiary/aromatic N) is 3. The van der Waals surface area contributed by atoms with Crippen molar-refractivity contribution >= 4 is 35.1 Å². The van der Waals surface area contributed by atoms with Gasteiger partial charge in [0.05, 0.1) is 10.0 Å². The fourth-order valence-electron chi connectivity index (χ4n) is 4.27. The monoisotopic (exact) mass is 533 g/mol.